The number of benzene rings is 1. The van der Waals surface area contributed by atoms with Gasteiger partial charge in [0.05, 0.1) is 5.41 Å². The van der Waals surface area contributed by atoms with Gasteiger partial charge in [0, 0.05) is 6.04 Å². The SMILES string of the molecule is CC(C)c1ccc(C(N)C(C)(C)C(=O)O)cc1. The lowest BCUT2D eigenvalue weighted by Gasteiger charge is -2.27. The molecule has 1 atom stereocenters. The first kappa shape index (κ1) is 13.7. The number of rotatable bonds is 4. The summed E-state index contributed by atoms with van der Waals surface area (Å²) in [7, 11) is 0. The fourth-order valence-corrected chi connectivity index (χ4v) is 1.64. The third kappa shape index (κ3) is 2.86. The van der Waals surface area contributed by atoms with E-state index < -0.39 is 17.4 Å². The van der Waals surface area contributed by atoms with Crippen LogP contribution < -0.4 is 5.73 Å². The maximum atomic E-state index is 11.1. The molecule has 17 heavy (non-hydrogen) atoms. The molecule has 0 aliphatic carbocycles. The van der Waals surface area contributed by atoms with Crippen LogP contribution in [0.2, 0.25) is 0 Å². The largest absolute Gasteiger partial charge is 0.481 e. The first-order valence-electron chi connectivity index (χ1n) is 5.85. The van der Waals surface area contributed by atoms with Gasteiger partial charge in [-0.15, -0.1) is 0 Å². The molecule has 0 fully saturated rings. The summed E-state index contributed by atoms with van der Waals surface area (Å²) in [4.78, 5) is 11.1. The minimum absolute atomic E-state index is 0.466. The van der Waals surface area contributed by atoms with Gasteiger partial charge < -0.3 is 10.8 Å². The van der Waals surface area contributed by atoms with Crippen molar-refractivity contribution in [1.29, 1.82) is 0 Å². The minimum atomic E-state index is -0.959. The van der Waals surface area contributed by atoms with E-state index in [1.54, 1.807) is 13.8 Å². The molecule has 0 saturated heterocycles. The normalized spacial score (nSPS) is 13.8. The summed E-state index contributed by atoms with van der Waals surface area (Å²) >= 11 is 0. The molecular formula is C14H21NO2. The second kappa shape index (κ2) is 4.88. The van der Waals surface area contributed by atoms with Gasteiger partial charge in [-0.2, -0.15) is 0 Å². The van der Waals surface area contributed by atoms with Crippen LogP contribution >= 0.6 is 0 Å². The Morgan fingerprint density at radius 1 is 1.18 bits per heavy atom. The van der Waals surface area contributed by atoms with Crippen LogP contribution in [0.3, 0.4) is 0 Å². The highest BCUT2D eigenvalue weighted by Crippen LogP contribution is 2.32. The molecule has 0 spiro atoms. The Balaban J connectivity index is 2.98. The first-order chi connectivity index (χ1) is 7.76. The van der Waals surface area contributed by atoms with Gasteiger partial charge in [-0.3, -0.25) is 4.79 Å². The van der Waals surface area contributed by atoms with Crippen molar-refractivity contribution in [3.8, 4) is 0 Å². The fourth-order valence-electron chi connectivity index (χ4n) is 1.64. The number of aliphatic carboxylic acids is 1. The van der Waals surface area contributed by atoms with Crippen molar-refractivity contribution in [2.75, 3.05) is 0 Å². The molecule has 0 bridgehead atoms. The summed E-state index contributed by atoms with van der Waals surface area (Å²) in [5.41, 5.74) is 7.15. The van der Waals surface area contributed by atoms with Gasteiger partial charge in [0.15, 0.2) is 0 Å². The lowest BCUT2D eigenvalue weighted by molar-refractivity contribution is -0.148. The van der Waals surface area contributed by atoms with Crippen LogP contribution in [-0.4, -0.2) is 11.1 Å². The van der Waals surface area contributed by atoms with Gasteiger partial charge in [-0.05, 0) is 30.9 Å². The number of carbonyl (C=O) groups is 1. The predicted octanol–water partition coefficient (Wildman–Crippen LogP) is 2.92. The predicted molar refractivity (Wildman–Crippen MR) is 68.9 cm³/mol. The zero-order chi connectivity index (χ0) is 13.2. The van der Waals surface area contributed by atoms with Crippen LogP contribution in [0.4, 0.5) is 0 Å². The van der Waals surface area contributed by atoms with Crippen molar-refractivity contribution in [2.45, 2.75) is 39.7 Å². The molecule has 0 heterocycles. The van der Waals surface area contributed by atoms with Crippen molar-refractivity contribution in [3.05, 3.63) is 35.4 Å². The van der Waals surface area contributed by atoms with Crippen LogP contribution in [-0.2, 0) is 4.79 Å². The van der Waals surface area contributed by atoms with E-state index in [0.29, 0.717) is 5.92 Å². The van der Waals surface area contributed by atoms with Crippen LogP contribution in [0.1, 0.15) is 50.8 Å². The second-order valence-corrected chi connectivity index (χ2v) is 5.33. The van der Waals surface area contributed by atoms with E-state index in [4.69, 9.17) is 10.8 Å². The molecule has 0 saturated carbocycles. The molecule has 0 aliphatic heterocycles. The van der Waals surface area contributed by atoms with Gasteiger partial charge in [-0.1, -0.05) is 38.1 Å². The van der Waals surface area contributed by atoms with E-state index >= 15 is 0 Å². The Morgan fingerprint density at radius 2 is 1.59 bits per heavy atom. The van der Waals surface area contributed by atoms with E-state index in [2.05, 4.69) is 13.8 Å². The summed E-state index contributed by atoms with van der Waals surface area (Å²) in [6, 6.07) is 7.37. The van der Waals surface area contributed by atoms with Gasteiger partial charge in [-0.25, -0.2) is 0 Å². The Morgan fingerprint density at radius 3 is 1.94 bits per heavy atom. The van der Waals surface area contributed by atoms with Crippen LogP contribution in [0.5, 0.6) is 0 Å². The molecule has 0 aromatic heterocycles. The molecule has 1 unspecified atom stereocenters. The van der Waals surface area contributed by atoms with Gasteiger partial charge >= 0.3 is 5.97 Å². The molecule has 0 radical (unpaired) electrons. The van der Waals surface area contributed by atoms with Crippen LogP contribution in [0.25, 0.3) is 0 Å². The quantitative estimate of drug-likeness (QED) is 0.843. The third-order valence-electron chi connectivity index (χ3n) is 3.29. The maximum Gasteiger partial charge on any atom is 0.311 e. The van der Waals surface area contributed by atoms with Crippen LogP contribution in [0.15, 0.2) is 24.3 Å². The molecule has 0 aliphatic rings. The summed E-state index contributed by atoms with van der Waals surface area (Å²) in [5, 5.41) is 9.14. The Kier molecular flexibility index (Phi) is 3.94. The maximum absolute atomic E-state index is 11.1. The topological polar surface area (TPSA) is 63.3 Å². The highest BCUT2D eigenvalue weighted by atomic mass is 16.4. The van der Waals surface area contributed by atoms with E-state index in [1.807, 2.05) is 24.3 Å². The molecule has 0 amide bonds. The van der Waals surface area contributed by atoms with Crippen molar-refractivity contribution in [2.24, 2.45) is 11.1 Å². The molecule has 1 rings (SSSR count). The number of hydrogen-bond acceptors (Lipinski definition) is 2. The summed E-state index contributed by atoms with van der Waals surface area (Å²) in [5.74, 6) is -0.411. The minimum Gasteiger partial charge on any atom is -0.481 e. The Bertz CT molecular complexity index is 393. The van der Waals surface area contributed by atoms with Gasteiger partial charge in [0.2, 0.25) is 0 Å². The summed E-state index contributed by atoms with van der Waals surface area (Å²) < 4.78 is 0. The average Bonchev–Trinajstić information content (AvgIpc) is 2.27. The highest BCUT2D eigenvalue weighted by molar-refractivity contribution is 5.75. The van der Waals surface area contributed by atoms with E-state index in [9.17, 15) is 4.79 Å². The zero-order valence-corrected chi connectivity index (χ0v) is 10.9. The van der Waals surface area contributed by atoms with Crippen molar-refractivity contribution < 1.29 is 9.90 Å². The molecule has 1 aromatic carbocycles. The summed E-state index contributed by atoms with van der Waals surface area (Å²) in [6.07, 6.45) is 0. The number of carboxylic acid groups (broad SMARTS) is 1. The number of nitrogens with two attached hydrogens (primary N) is 1. The Hall–Kier alpha value is -1.35. The monoisotopic (exact) mass is 235 g/mol. The molecule has 3 heteroatoms. The standard InChI is InChI=1S/C14H21NO2/c1-9(2)10-5-7-11(8-6-10)12(15)14(3,4)13(16)17/h5-9,12H,15H2,1-4H3,(H,16,17). The Labute approximate surface area is 103 Å². The molecule has 3 nitrogen and oxygen atoms in total. The third-order valence-corrected chi connectivity index (χ3v) is 3.29. The van der Waals surface area contributed by atoms with Gasteiger partial charge in [0.1, 0.15) is 0 Å². The molecule has 1 aromatic rings. The summed E-state index contributed by atoms with van der Waals surface area (Å²) in [6.45, 7) is 7.54. The second-order valence-electron chi connectivity index (χ2n) is 5.33. The zero-order valence-electron chi connectivity index (χ0n) is 10.9. The molecule has 94 valence electrons. The first-order valence-corrected chi connectivity index (χ1v) is 5.85. The van der Waals surface area contributed by atoms with Crippen molar-refractivity contribution >= 4 is 5.97 Å². The van der Waals surface area contributed by atoms with E-state index in [0.717, 1.165) is 5.56 Å². The van der Waals surface area contributed by atoms with Gasteiger partial charge in [0.25, 0.3) is 0 Å². The van der Waals surface area contributed by atoms with Crippen molar-refractivity contribution in [1.82, 2.24) is 0 Å². The lowest BCUT2D eigenvalue weighted by atomic mass is 9.81. The molecule has 3 N–H and O–H groups in total. The van der Waals surface area contributed by atoms with E-state index in [1.165, 1.54) is 5.56 Å². The lowest BCUT2D eigenvalue weighted by Crippen LogP contribution is -2.36. The number of hydrogen-bond donors (Lipinski definition) is 2. The molecular weight excluding hydrogens is 214 g/mol. The average molecular weight is 235 g/mol. The number of carboxylic acids is 1. The van der Waals surface area contributed by atoms with Crippen molar-refractivity contribution in [3.63, 3.8) is 0 Å². The van der Waals surface area contributed by atoms with Crippen LogP contribution in [0, 0.1) is 5.41 Å². The van der Waals surface area contributed by atoms with E-state index in [-0.39, 0.29) is 0 Å². The fraction of sp³-hybridized carbons (Fsp3) is 0.500. The smallest absolute Gasteiger partial charge is 0.311 e. The highest BCUT2D eigenvalue weighted by Gasteiger charge is 2.35.